The van der Waals surface area contributed by atoms with E-state index in [0.717, 1.165) is 19.5 Å². The molecule has 0 aliphatic carbocycles. The molecule has 0 amide bonds. The Morgan fingerprint density at radius 3 is 2.64 bits per heavy atom. The molecule has 0 saturated heterocycles. The molecular weight excluding hydrogens is 182 g/mol. The van der Waals surface area contributed by atoms with Gasteiger partial charge in [0.05, 0.1) is 0 Å². The highest BCUT2D eigenvalue weighted by Gasteiger charge is 2.14. The molecule has 14 heavy (non-hydrogen) atoms. The third-order valence-corrected chi connectivity index (χ3v) is 1.95. The van der Waals surface area contributed by atoms with E-state index in [-0.39, 0.29) is 17.9 Å². The monoisotopic (exact) mass is 203 g/mol. The molecule has 5 nitrogen and oxygen atoms in total. The Morgan fingerprint density at radius 1 is 1.50 bits per heavy atom. The van der Waals surface area contributed by atoms with Crippen LogP contribution in [0.3, 0.4) is 0 Å². The van der Waals surface area contributed by atoms with Gasteiger partial charge in [-0.25, -0.2) is 0 Å². The van der Waals surface area contributed by atoms with Crippen LogP contribution in [-0.2, 0) is 0 Å². The topological polar surface area (TPSA) is 90.9 Å². The Balaban J connectivity index is 3.39. The van der Waals surface area contributed by atoms with Gasteiger partial charge in [0, 0.05) is 25.0 Å². The van der Waals surface area contributed by atoms with Gasteiger partial charge in [0.15, 0.2) is 0 Å². The van der Waals surface area contributed by atoms with Crippen LogP contribution in [0.5, 0.6) is 0 Å². The van der Waals surface area contributed by atoms with Crippen LogP contribution in [0.1, 0.15) is 26.7 Å². The Hall–Kier alpha value is -0.810. The van der Waals surface area contributed by atoms with E-state index in [1.165, 1.54) is 0 Å². The zero-order chi connectivity index (χ0) is 11.0. The molecule has 0 aromatic carbocycles. The maximum absolute atomic E-state index is 8.96. The molecule has 5 heteroatoms. The number of oxime groups is 1. The van der Waals surface area contributed by atoms with Crippen LogP contribution in [0.25, 0.3) is 0 Å². The number of nitrogens with zero attached hydrogens (tertiary/aromatic N) is 1. The van der Waals surface area contributed by atoms with Crippen LogP contribution in [0.15, 0.2) is 5.16 Å². The highest BCUT2D eigenvalue weighted by molar-refractivity contribution is 5.79. The molecule has 84 valence electrons. The molecule has 0 aliphatic rings. The normalized spacial score (nSPS) is 13.2. The maximum atomic E-state index is 8.96. The Kier molecular flexibility index (Phi) is 6.23. The van der Waals surface area contributed by atoms with Crippen molar-refractivity contribution in [2.75, 3.05) is 19.7 Å². The molecule has 0 saturated carbocycles. The van der Waals surface area contributed by atoms with Crippen LogP contribution in [0, 0.1) is 5.41 Å². The quantitative estimate of drug-likeness (QED) is 0.155. The number of amidine groups is 1. The van der Waals surface area contributed by atoms with Crippen LogP contribution in [-0.4, -0.2) is 35.8 Å². The molecule has 0 aromatic heterocycles. The zero-order valence-electron chi connectivity index (χ0n) is 8.95. The lowest BCUT2D eigenvalue weighted by atomic mass is 9.95. The minimum Gasteiger partial charge on any atom is -0.409 e. The van der Waals surface area contributed by atoms with Gasteiger partial charge >= 0.3 is 0 Å². The van der Waals surface area contributed by atoms with E-state index in [1.54, 1.807) is 0 Å². The van der Waals surface area contributed by atoms with Crippen LogP contribution in [0.4, 0.5) is 0 Å². The fourth-order valence-electron chi connectivity index (χ4n) is 0.927. The van der Waals surface area contributed by atoms with Crippen molar-refractivity contribution in [2.45, 2.75) is 26.7 Å². The van der Waals surface area contributed by atoms with E-state index in [9.17, 15) is 0 Å². The number of aliphatic hydroxyl groups excluding tert-OH is 1. The van der Waals surface area contributed by atoms with Crippen molar-refractivity contribution in [3.05, 3.63) is 0 Å². The summed E-state index contributed by atoms with van der Waals surface area (Å²) in [6.45, 7) is 5.71. The fraction of sp³-hybridized carbons (Fsp3) is 0.889. The van der Waals surface area contributed by atoms with Crippen molar-refractivity contribution < 1.29 is 10.3 Å². The average molecular weight is 203 g/mol. The van der Waals surface area contributed by atoms with Gasteiger partial charge in [-0.3, -0.25) is 0 Å². The van der Waals surface area contributed by atoms with Crippen molar-refractivity contribution >= 4 is 5.84 Å². The Morgan fingerprint density at radius 2 is 2.14 bits per heavy atom. The Bertz CT molecular complexity index is 181. The highest BCUT2D eigenvalue weighted by Crippen LogP contribution is 2.10. The number of nitrogens with one attached hydrogen (secondary N) is 1. The van der Waals surface area contributed by atoms with E-state index in [4.69, 9.17) is 16.0 Å². The minimum atomic E-state index is -0.0867. The second-order valence-corrected chi connectivity index (χ2v) is 4.19. The van der Waals surface area contributed by atoms with E-state index < -0.39 is 0 Å². The Labute approximate surface area is 85.0 Å². The van der Waals surface area contributed by atoms with Gasteiger partial charge in [0.25, 0.3) is 0 Å². The van der Waals surface area contributed by atoms with E-state index in [2.05, 4.69) is 10.5 Å². The summed E-state index contributed by atoms with van der Waals surface area (Å²) in [5.74, 6) is 0.258. The summed E-state index contributed by atoms with van der Waals surface area (Å²) in [5, 5.41) is 23.3. The molecule has 0 bridgehead atoms. The maximum Gasteiger partial charge on any atom is 0.139 e. The standard InChI is InChI=1S/C9H21N3O2/c1-9(2,7-13)6-11-5-3-4-8(10)12-14/h11,13-14H,3-7H2,1-2H3,(H2,10,12). The number of aliphatic hydroxyl groups is 1. The number of nitrogens with two attached hydrogens (primary N) is 1. The van der Waals surface area contributed by atoms with Crippen molar-refractivity contribution in [1.82, 2.24) is 5.32 Å². The van der Waals surface area contributed by atoms with Crippen LogP contribution >= 0.6 is 0 Å². The molecule has 0 unspecified atom stereocenters. The molecule has 0 spiro atoms. The highest BCUT2D eigenvalue weighted by atomic mass is 16.4. The van der Waals surface area contributed by atoms with Crippen LogP contribution < -0.4 is 11.1 Å². The number of rotatable bonds is 7. The lowest BCUT2D eigenvalue weighted by molar-refractivity contribution is 0.157. The first-order chi connectivity index (χ1) is 6.52. The predicted molar refractivity (Wildman–Crippen MR) is 56.4 cm³/mol. The molecule has 0 fully saturated rings. The zero-order valence-corrected chi connectivity index (χ0v) is 8.95. The second kappa shape index (κ2) is 6.62. The predicted octanol–water partition coefficient (Wildman–Crippen LogP) is 0.121. The summed E-state index contributed by atoms with van der Waals surface area (Å²) in [7, 11) is 0. The van der Waals surface area contributed by atoms with Crippen molar-refractivity contribution in [1.29, 1.82) is 0 Å². The summed E-state index contributed by atoms with van der Waals surface area (Å²) in [4.78, 5) is 0. The summed E-state index contributed by atoms with van der Waals surface area (Å²) in [5.41, 5.74) is 5.21. The van der Waals surface area contributed by atoms with E-state index in [1.807, 2.05) is 13.8 Å². The fourth-order valence-corrected chi connectivity index (χ4v) is 0.927. The van der Waals surface area contributed by atoms with Gasteiger partial charge in [-0.15, -0.1) is 0 Å². The van der Waals surface area contributed by atoms with Gasteiger partial charge in [0.2, 0.25) is 0 Å². The minimum absolute atomic E-state index is 0.0867. The number of hydrogen-bond donors (Lipinski definition) is 4. The van der Waals surface area contributed by atoms with Gasteiger partial charge < -0.3 is 21.4 Å². The van der Waals surface area contributed by atoms with Crippen molar-refractivity contribution in [2.24, 2.45) is 16.3 Å². The van der Waals surface area contributed by atoms with Gasteiger partial charge in [0.1, 0.15) is 5.84 Å². The third-order valence-electron chi connectivity index (χ3n) is 1.95. The molecule has 0 atom stereocenters. The largest absolute Gasteiger partial charge is 0.409 e. The number of hydrogen-bond acceptors (Lipinski definition) is 4. The molecule has 0 heterocycles. The SMILES string of the molecule is CC(C)(CO)CNCCCC(N)=NO. The first-order valence-corrected chi connectivity index (χ1v) is 4.80. The summed E-state index contributed by atoms with van der Waals surface area (Å²) >= 11 is 0. The van der Waals surface area contributed by atoms with Gasteiger partial charge in [-0.2, -0.15) is 0 Å². The molecule has 0 rings (SSSR count). The smallest absolute Gasteiger partial charge is 0.139 e. The van der Waals surface area contributed by atoms with E-state index in [0.29, 0.717) is 6.42 Å². The van der Waals surface area contributed by atoms with Gasteiger partial charge in [-0.1, -0.05) is 19.0 Å². The molecule has 0 aliphatic heterocycles. The van der Waals surface area contributed by atoms with Crippen molar-refractivity contribution in [3.63, 3.8) is 0 Å². The lowest BCUT2D eigenvalue weighted by Crippen LogP contribution is -2.33. The molecular formula is C9H21N3O2. The summed E-state index contributed by atoms with van der Waals surface area (Å²) in [6, 6.07) is 0. The molecule has 5 N–H and O–H groups in total. The van der Waals surface area contributed by atoms with Gasteiger partial charge in [-0.05, 0) is 13.0 Å². The molecule has 0 radical (unpaired) electrons. The van der Waals surface area contributed by atoms with Crippen molar-refractivity contribution in [3.8, 4) is 0 Å². The average Bonchev–Trinajstić information content (AvgIpc) is 2.17. The summed E-state index contributed by atoms with van der Waals surface area (Å²) in [6.07, 6.45) is 1.42. The third kappa shape index (κ3) is 6.68. The van der Waals surface area contributed by atoms with Crippen LogP contribution in [0.2, 0.25) is 0 Å². The first kappa shape index (κ1) is 13.2. The van der Waals surface area contributed by atoms with E-state index >= 15 is 0 Å². The lowest BCUT2D eigenvalue weighted by Gasteiger charge is -2.21. The molecule has 0 aromatic rings. The second-order valence-electron chi connectivity index (χ2n) is 4.19. The summed E-state index contributed by atoms with van der Waals surface area (Å²) < 4.78 is 0. The first-order valence-electron chi connectivity index (χ1n) is 4.80.